The topological polar surface area (TPSA) is 75.7 Å². The number of hydrogen-bond acceptors (Lipinski definition) is 4. The summed E-state index contributed by atoms with van der Waals surface area (Å²) < 4.78 is 23.3. The molecule has 1 aromatic heterocycles. The zero-order valence-electron chi connectivity index (χ0n) is 9.84. The molecule has 1 N–H and O–H groups in total. The van der Waals surface area contributed by atoms with Gasteiger partial charge in [-0.2, -0.15) is 10.1 Å². The molecule has 5 nitrogen and oxygen atoms in total. The van der Waals surface area contributed by atoms with Crippen molar-refractivity contribution in [2.75, 3.05) is 0 Å². The van der Waals surface area contributed by atoms with Crippen LogP contribution < -0.4 is 0 Å². The highest BCUT2D eigenvalue weighted by Crippen LogP contribution is 2.25. The van der Waals surface area contributed by atoms with Crippen LogP contribution in [0.3, 0.4) is 0 Å². The third kappa shape index (κ3) is 2.56. The van der Waals surface area contributed by atoms with Crippen LogP contribution in [0.4, 0.5) is 0 Å². The molecule has 0 unspecified atom stereocenters. The lowest BCUT2D eigenvalue weighted by atomic mass is 10.1. The summed E-state index contributed by atoms with van der Waals surface area (Å²) in [5.41, 5.74) is 0.711. The van der Waals surface area contributed by atoms with Gasteiger partial charge in [-0.15, -0.1) is 0 Å². The van der Waals surface area contributed by atoms with Crippen LogP contribution in [0.25, 0.3) is 22.2 Å². The molecule has 102 valence electrons. The highest BCUT2D eigenvalue weighted by molar-refractivity contribution is 9.10. The molecule has 0 saturated heterocycles. The van der Waals surface area contributed by atoms with Gasteiger partial charge in [-0.05, 0) is 29.0 Å². The first kappa shape index (κ1) is 13.5. The van der Waals surface area contributed by atoms with Crippen LogP contribution in [-0.2, 0) is 9.05 Å². The molecule has 1 heterocycles. The van der Waals surface area contributed by atoms with Crippen molar-refractivity contribution in [2.45, 2.75) is 5.16 Å². The summed E-state index contributed by atoms with van der Waals surface area (Å²) in [5, 5.41) is 7.89. The molecule has 0 atom stereocenters. The Morgan fingerprint density at radius 2 is 1.80 bits per heavy atom. The normalized spacial score (nSPS) is 11.9. The van der Waals surface area contributed by atoms with Crippen LogP contribution >= 0.6 is 26.6 Å². The van der Waals surface area contributed by atoms with Crippen LogP contribution in [0.15, 0.2) is 46.0 Å². The van der Waals surface area contributed by atoms with Crippen molar-refractivity contribution >= 4 is 46.4 Å². The molecular formula is C12H7BrClN3O2S. The molecule has 2 aromatic carbocycles. The Morgan fingerprint density at radius 1 is 1.10 bits per heavy atom. The number of nitrogens with one attached hydrogen (secondary N) is 1. The third-order valence-corrected chi connectivity index (χ3v) is 4.33. The smallest absolute Gasteiger partial charge is 0.248 e. The zero-order chi connectivity index (χ0) is 14.3. The van der Waals surface area contributed by atoms with E-state index in [2.05, 4.69) is 31.1 Å². The molecule has 8 heteroatoms. The summed E-state index contributed by atoms with van der Waals surface area (Å²) >= 11 is 3.41. The van der Waals surface area contributed by atoms with E-state index in [1.165, 1.54) is 0 Å². The quantitative estimate of drug-likeness (QED) is 0.700. The van der Waals surface area contributed by atoms with E-state index < -0.39 is 9.05 Å². The minimum atomic E-state index is -3.90. The van der Waals surface area contributed by atoms with Crippen LogP contribution in [0, 0.1) is 0 Å². The van der Waals surface area contributed by atoms with E-state index in [0.29, 0.717) is 5.56 Å². The summed E-state index contributed by atoms with van der Waals surface area (Å²) in [6, 6.07) is 11.5. The number of rotatable bonds is 2. The van der Waals surface area contributed by atoms with E-state index in [-0.39, 0.29) is 11.0 Å². The molecule has 20 heavy (non-hydrogen) atoms. The Bertz CT molecular complexity index is 908. The molecule has 0 radical (unpaired) electrons. The number of fused-ring (bicyclic) bond motifs is 1. The number of aromatic amines is 1. The van der Waals surface area contributed by atoms with Gasteiger partial charge in [0.1, 0.15) is 0 Å². The molecule has 0 bridgehead atoms. The van der Waals surface area contributed by atoms with Crippen molar-refractivity contribution in [3.05, 3.63) is 40.9 Å². The number of H-pyrrole nitrogens is 1. The van der Waals surface area contributed by atoms with E-state index in [9.17, 15) is 8.42 Å². The summed E-state index contributed by atoms with van der Waals surface area (Å²) in [5.74, 6) is 0.286. The number of aromatic nitrogens is 3. The minimum Gasteiger partial charge on any atom is -0.248 e. The number of nitrogens with zero attached hydrogens (tertiary/aromatic N) is 2. The number of halogens is 2. The number of hydrogen-bond donors (Lipinski definition) is 1. The van der Waals surface area contributed by atoms with E-state index in [0.717, 1.165) is 15.2 Å². The molecular weight excluding hydrogens is 366 g/mol. The number of benzene rings is 2. The van der Waals surface area contributed by atoms with Gasteiger partial charge in [0, 0.05) is 20.7 Å². The second-order valence-electron chi connectivity index (χ2n) is 4.11. The maximum atomic E-state index is 11.2. The fourth-order valence-electron chi connectivity index (χ4n) is 1.84. The SMILES string of the molecule is O=S(=O)(Cl)c1nc(-c2ccc3cc(Br)ccc3c2)n[nH]1. The molecule has 0 aliphatic rings. The predicted octanol–water partition coefficient (Wildman–Crippen LogP) is 3.31. The predicted molar refractivity (Wildman–Crippen MR) is 80.1 cm³/mol. The first-order chi connectivity index (χ1) is 9.43. The van der Waals surface area contributed by atoms with Crippen LogP contribution in [-0.4, -0.2) is 23.6 Å². The lowest BCUT2D eigenvalue weighted by molar-refractivity contribution is 0.602. The average molecular weight is 373 g/mol. The maximum absolute atomic E-state index is 11.2. The van der Waals surface area contributed by atoms with Gasteiger partial charge < -0.3 is 0 Å². The monoisotopic (exact) mass is 371 g/mol. The second kappa shape index (κ2) is 4.83. The lowest BCUT2D eigenvalue weighted by Crippen LogP contribution is -1.92. The molecule has 0 amide bonds. The summed E-state index contributed by atoms with van der Waals surface area (Å²) in [4.78, 5) is 3.88. The van der Waals surface area contributed by atoms with Crippen LogP contribution in [0.2, 0.25) is 0 Å². The lowest BCUT2D eigenvalue weighted by Gasteiger charge is -2.01. The van der Waals surface area contributed by atoms with E-state index in [4.69, 9.17) is 10.7 Å². The van der Waals surface area contributed by atoms with Crippen LogP contribution in [0.1, 0.15) is 0 Å². The largest absolute Gasteiger partial charge is 0.296 e. The van der Waals surface area contributed by atoms with Crippen molar-refractivity contribution in [3.8, 4) is 11.4 Å². The Hall–Kier alpha value is -1.44. The molecule has 3 rings (SSSR count). The fourth-order valence-corrected chi connectivity index (χ4v) is 2.78. The third-order valence-electron chi connectivity index (χ3n) is 2.76. The van der Waals surface area contributed by atoms with Gasteiger partial charge in [-0.3, -0.25) is 0 Å². The van der Waals surface area contributed by atoms with E-state index in [1.807, 2.05) is 36.4 Å². The van der Waals surface area contributed by atoms with Crippen LogP contribution in [0.5, 0.6) is 0 Å². The average Bonchev–Trinajstić information content (AvgIpc) is 2.87. The van der Waals surface area contributed by atoms with Gasteiger partial charge in [0.2, 0.25) is 0 Å². The van der Waals surface area contributed by atoms with Gasteiger partial charge in [0.25, 0.3) is 14.2 Å². The summed E-state index contributed by atoms with van der Waals surface area (Å²) in [7, 11) is 1.30. The minimum absolute atomic E-state index is 0.286. The highest BCUT2D eigenvalue weighted by Gasteiger charge is 2.16. The Labute approximate surface area is 127 Å². The Balaban J connectivity index is 2.10. The van der Waals surface area contributed by atoms with E-state index >= 15 is 0 Å². The molecule has 0 aliphatic heterocycles. The summed E-state index contributed by atoms with van der Waals surface area (Å²) in [6.45, 7) is 0. The maximum Gasteiger partial charge on any atom is 0.296 e. The first-order valence-corrected chi connectivity index (χ1v) is 8.60. The Kier molecular flexibility index (Phi) is 3.27. The summed E-state index contributed by atoms with van der Waals surface area (Å²) in [6.07, 6.45) is 0. The van der Waals surface area contributed by atoms with Gasteiger partial charge in [-0.1, -0.05) is 34.1 Å². The van der Waals surface area contributed by atoms with Gasteiger partial charge in [0.15, 0.2) is 5.82 Å². The highest BCUT2D eigenvalue weighted by atomic mass is 79.9. The van der Waals surface area contributed by atoms with Gasteiger partial charge in [-0.25, -0.2) is 13.5 Å². The standard InChI is InChI=1S/C12H7BrClN3O2S/c13-10-4-3-7-5-9(2-1-8(7)6-10)11-15-12(17-16-11)20(14,18)19/h1-6H,(H,15,16,17). The zero-order valence-corrected chi connectivity index (χ0v) is 13.0. The van der Waals surface area contributed by atoms with Crippen molar-refractivity contribution < 1.29 is 8.42 Å². The van der Waals surface area contributed by atoms with Crippen molar-refractivity contribution in [2.24, 2.45) is 0 Å². The first-order valence-electron chi connectivity index (χ1n) is 5.50. The molecule has 0 saturated carbocycles. The molecule has 0 spiro atoms. The molecule has 0 aliphatic carbocycles. The van der Waals surface area contributed by atoms with Gasteiger partial charge >= 0.3 is 0 Å². The van der Waals surface area contributed by atoms with E-state index in [1.54, 1.807) is 0 Å². The van der Waals surface area contributed by atoms with Crippen molar-refractivity contribution in [3.63, 3.8) is 0 Å². The van der Waals surface area contributed by atoms with Gasteiger partial charge in [0.05, 0.1) is 0 Å². The molecule has 3 aromatic rings. The van der Waals surface area contributed by atoms with Crippen molar-refractivity contribution in [1.29, 1.82) is 0 Å². The molecule has 0 fully saturated rings. The van der Waals surface area contributed by atoms with Crippen molar-refractivity contribution in [1.82, 2.24) is 15.2 Å². The Morgan fingerprint density at radius 3 is 2.50 bits per heavy atom. The fraction of sp³-hybridized carbons (Fsp3) is 0. The second-order valence-corrected chi connectivity index (χ2v) is 7.51.